The second kappa shape index (κ2) is 11.1. The number of nitrogens with one attached hydrogen (secondary N) is 2. The average molecular weight is 482 g/mol. The first-order valence-corrected chi connectivity index (χ1v) is 11.4. The number of benzene rings is 1. The van der Waals surface area contributed by atoms with Gasteiger partial charge in [-0.05, 0) is 42.0 Å². The number of carboxylic acids is 1. The number of methoxy groups -OCH3 is 2. The minimum Gasteiger partial charge on any atom is -0.477 e. The minimum absolute atomic E-state index is 0.0902. The van der Waals surface area contributed by atoms with E-state index in [0.29, 0.717) is 42.0 Å². The molecular formula is C26H31N3O6. The number of hydrogen-bond acceptors (Lipinski definition) is 7. The SMILES string of the molecule is COCCCN/C=C(\C=N)c1cc2c(cc1C(=O)OC)-c1cc(=O)c(C(=O)O)cn1C(C(C)C)C2. The van der Waals surface area contributed by atoms with Crippen LogP contribution < -0.4 is 10.7 Å². The van der Waals surface area contributed by atoms with E-state index in [1.54, 1.807) is 19.4 Å². The van der Waals surface area contributed by atoms with E-state index in [0.717, 1.165) is 12.0 Å². The van der Waals surface area contributed by atoms with Crippen LogP contribution in [0.4, 0.5) is 0 Å². The van der Waals surface area contributed by atoms with Gasteiger partial charge in [0.15, 0.2) is 5.43 Å². The molecule has 186 valence electrons. The fourth-order valence-electron chi connectivity index (χ4n) is 4.35. The van der Waals surface area contributed by atoms with Gasteiger partial charge in [-0.15, -0.1) is 0 Å². The Kier molecular flexibility index (Phi) is 8.24. The van der Waals surface area contributed by atoms with Gasteiger partial charge in [0.2, 0.25) is 0 Å². The molecular weight excluding hydrogens is 450 g/mol. The van der Waals surface area contributed by atoms with Crippen molar-refractivity contribution >= 4 is 23.7 Å². The molecule has 9 nitrogen and oxygen atoms in total. The third-order valence-electron chi connectivity index (χ3n) is 6.18. The van der Waals surface area contributed by atoms with Crippen molar-refractivity contribution in [3.8, 4) is 11.3 Å². The number of fused-ring (bicyclic) bond motifs is 3. The van der Waals surface area contributed by atoms with Gasteiger partial charge in [-0.1, -0.05) is 13.8 Å². The van der Waals surface area contributed by atoms with Gasteiger partial charge in [-0.2, -0.15) is 0 Å². The fourth-order valence-corrected chi connectivity index (χ4v) is 4.35. The summed E-state index contributed by atoms with van der Waals surface area (Å²) in [6.07, 6.45) is 5.62. The van der Waals surface area contributed by atoms with E-state index in [2.05, 4.69) is 5.32 Å². The van der Waals surface area contributed by atoms with Gasteiger partial charge in [-0.25, -0.2) is 9.59 Å². The van der Waals surface area contributed by atoms with E-state index in [1.165, 1.54) is 25.6 Å². The molecule has 1 atom stereocenters. The van der Waals surface area contributed by atoms with Crippen LogP contribution in [-0.2, 0) is 15.9 Å². The van der Waals surface area contributed by atoms with E-state index in [4.69, 9.17) is 14.9 Å². The standard InChI is InChI=1S/C26H31N3O6/c1-15(2)22-9-16-8-18(17(12-27)13-28-6-5-7-34-3)20(26(33)35-4)10-19(16)23-11-24(30)21(25(31)32)14-29(22)23/h8,10-15,22,27-28H,5-7,9H2,1-4H3,(H,31,32)/b17-13+,27-12?. The number of aromatic nitrogens is 1. The summed E-state index contributed by atoms with van der Waals surface area (Å²) >= 11 is 0. The van der Waals surface area contributed by atoms with Gasteiger partial charge in [-0.3, -0.25) is 4.79 Å². The van der Waals surface area contributed by atoms with Crippen LogP contribution in [0.3, 0.4) is 0 Å². The number of rotatable bonds is 10. The van der Waals surface area contributed by atoms with Crippen LogP contribution in [0.15, 0.2) is 35.4 Å². The maximum atomic E-state index is 12.7. The lowest BCUT2D eigenvalue weighted by atomic mass is 9.84. The molecule has 0 spiro atoms. The molecule has 35 heavy (non-hydrogen) atoms. The number of carbonyl (C=O) groups excluding carboxylic acids is 1. The largest absolute Gasteiger partial charge is 0.477 e. The number of hydrogen-bond donors (Lipinski definition) is 3. The number of allylic oxidation sites excluding steroid dienone is 1. The molecule has 9 heteroatoms. The summed E-state index contributed by atoms with van der Waals surface area (Å²) in [4.78, 5) is 36.9. The molecule has 1 unspecified atom stereocenters. The van der Waals surface area contributed by atoms with Crippen molar-refractivity contribution in [1.82, 2.24) is 9.88 Å². The van der Waals surface area contributed by atoms with Crippen LogP contribution in [0.25, 0.3) is 16.8 Å². The predicted octanol–water partition coefficient (Wildman–Crippen LogP) is 3.37. The normalized spacial score (nSPS) is 14.8. The average Bonchev–Trinajstić information content (AvgIpc) is 2.83. The summed E-state index contributed by atoms with van der Waals surface area (Å²) in [5.74, 6) is -1.70. The van der Waals surface area contributed by atoms with E-state index >= 15 is 0 Å². The highest BCUT2D eigenvalue weighted by Gasteiger charge is 2.30. The van der Waals surface area contributed by atoms with Crippen molar-refractivity contribution in [3.05, 3.63) is 63.1 Å². The van der Waals surface area contributed by atoms with Gasteiger partial charge >= 0.3 is 11.9 Å². The zero-order valence-corrected chi connectivity index (χ0v) is 20.4. The van der Waals surface area contributed by atoms with Gasteiger partial charge in [0, 0.05) is 62.1 Å². The van der Waals surface area contributed by atoms with Crippen molar-refractivity contribution in [3.63, 3.8) is 0 Å². The molecule has 1 aromatic heterocycles. The third-order valence-corrected chi connectivity index (χ3v) is 6.18. The highest BCUT2D eigenvalue weighted by Crippen LogP contribution is 2.39. The van der Waals surface area contributed by atoms with Crippen molar-refractivity contribution in [2.75, 3.05) is 27.4 Å². The Morgan fingerprint density at radius 3 is 2.57 bits per heavy atom. The number of aromatic carboxylic acids is 1. The van der Waals surface area contributed by atoms with Crippen LogP contribution in [0, 0.1) is 11.3 Å². The molecule has 1 aromatic carbocycles. The Morgan fingerprint density at radius 1 is 1.23 bits per heavy atom. The second-order valence-electron chi connectivity index (χ2n) is 8.76. The molecule has 1 aliphatic heterocycles. The third kappa shape index (κ3) is 5.35. The number of pyridine rings is 1. The summed E-state index contributed by atoms with van der Waals surface area (Å²) in [6, 6.07) is 4.76. The van der Waals surface area contributed by atoms with E-state index in [-0.39, 0.29) is 23.1 Å². The molecule has 0 saturated heterocycles. The first kappa shape index (κ1) is 25.9. The fraction of sp³-hybridized carbons (Fsp3) is 0.385. The van der Waals surface area contributed by atoms with Gasteiger partial charge in [0.05, 0.1) is 18.4 Å². The summed E-state index contributed by atoms with van der Waals surface area (Å²) in [6.45, 7) is 5.32. The molecule has 1 aliphatic rings. The Hall–Kier alpha value is -3.72. The molecule has 2 aromatic rings. The molecule has 0 bridgehead atoms. The quantitative estimate of drug-likeness (QED) is 0.269. The van der Waals surface area contributed by atoms with Gasteiger partial charge in [0.1, 0.15) is 5.56 Å². The number of nitrogens with zero attached hydrogens (tertiary/aromatic N) is 1. The number of carboxylic acid groups (broad SMARTS) is 1. The van der Waals surface area contributed by atoms with Crippen LogP contribution in [0.2, 0.25) is 0 Å². The first-order chi connectivity index (χ1) is 16.7. The smallest absolute Gasteiger partial charge is 0.341 e. The maximum absolute atomic E-state index is 12.7. The van der Waals surface area contributed by atoms with E-state index < -0.39 is 17.4 Å². The van der Waals surface area contributed by atoms with E-state index in [1.807, 2.05) is 24.5 Å². The van der Waals surface area contributed by atoms with Gasteiger partial charge < -0.3 is 29.9 Å². The Morgan fingerprint density at radius 2 is 1.97 bits per heavy atom. The number of esters is 1. The monoisotopic (exact) mass is 481 g/mol. The minimum atomic E-state index is -1.28. The lowest BCUT2D eigenvalue weighted by molar-refractivity contribution is 0.0599. The highest BCUT2D eigenvalue weighted by molar-refractivity contribution is 6.12. The summed E-state index contributed by atoms with van der Waals surface area (Å²) < 4.78 is 11.9. The van der Waals surface area contributed by atoms with Crippen molar-refractivity contribution in [1.29, 1.82) is 5.41 Å². The van der Waals surface area contributed by atoms with E-state index in [9.17, 15) is 19.5 Å². The summed E-state index contributed by atoms with van der Waals surface area (Å²) in [7, 11) is 2.92. The van der Waals surface area contributed by atoms with Crippen LogP contribution >= 0.6 is 0 Å². The first-order valence-electron chi connectivity index (χ1n) is 11.4. The molecule has 0 fully saturated rings. The molecule has 3 rings (SSSR count). The topological polar surface area (TPSA) is 131 Å². The Labute approximate surface area is 203 Å². The van der Waals surface area contributed by atoms with Crippen molar-refractivity contribution < 1.29 is 24.2 Å². The Bertz CT molecular complexity index is 1230. The number of carbonyl (C=O) groups is 2. The van der Waals surface area contributed by atoms with Crippen molar-refractivity contribution in [2.24, 2.45) is 5.92 Å². The molecule has 2 heterocycles. The lowest BCUT2D eigenvalue weighted by Gasteiger charge is -2.34. The van der Waals surface area contributed by atoms with Crippen molar-refractivity contribution in [2.45, 2.75) is 32.7 Å². The molecule has 0 saturated carbocycles. The molecule has 0 radical (unpaired) electrons. The van der Waals surface area contributed by atoms with Gasteiger partial charge in [0.25, 0.3) is 0 Å². The molecule has 0 amide bonds. The lowest BCUT2D eigenvalue weighted by Crippen LogP contribution is -2.28. The number of ether oxygens (including phenoxy) is 2. The summed E-state index contributed by atoms with van der Waals surface area (Å²) in [5, 5.41) is 20.6. The van der Waals surface area contributed by atoms with Crippen LogP contribution in [0.5, 0.6) is 0 Å². The predicted molar refractivity (Wildman–Crippen MR) is 133 cm³/mol. The zero-order chi connectivity index (χ0) is 25.7. The summed E-state index contributed by atoms with van der Waals surface area (Å²) in [5.41, 5.74) is 2.54. The molecule has 0 aliphatic carbocycles. The highest BCUT2D eigenvalue weighted by atomic mass is 16.5. The second-order valence-corrected chi connectivity index (χ2v) is 8.76. The molecule has 3 N–H and O–H groups in total. The van der Waals surface area contributed by atoms with Crippen LogP contribution in [-0.4, -0.2) is 55.2 Å². The van der Waals surface area contributed by atoms with Crippen LogP contribution in [0.1, 0.15) is 58.2 Å². The Balaban J connectivity index is 2.20. The maximum Gasteiger partial charge on any atom is 0.341 e. The zero-order valence-electron chi connectivity index (χ0n) is 20.4.